The molecule has 0 amide bonds. The van der Waals surface area contributed by atoms with Gasteiger partial charge in [0.15, 0.2) is 0 Å². The fraction of sp³-hybridized carbons (Fsp3) is 0.455. The summed E-state index contributed by atoms with van der Waals surface area (Å²) in [5.74, 6) is -0.931. The van der Waals surface area contributed by atoms with Crippen LogP contribution in [0.3, 0.4) is 0 Å². The van der Waals surface area contributed by atoms with Crippen molar-refractivity contribution in [2.24, 2.45) is 0 Å². The minimum atomic E-state index is -0.931. The number of carbonyl (C=O) groups is 1. The SMILES string of the molecule is CCn1nc(C)c(Cl)c1Cn1cc(CC(=O)O)nn1. The molecule has 0 saturated carbocycles. The number of rotatable bonds is 5. The average Bonchev–Trinajstić information content (AvgIpc) is 2.88. The molecular formula is C11H14ClN5O2. The predicted octanol–water partition coefficient (Wildman–Crippen LogP) is 1.13. The second-order valence-electron chi connectivity index (χ2n) is 4.14. The Morgan fingerprint density at radius 2 is 2.26 bits per heavy atom. The van der Waals surface area contributed by atoms with Gasteiger partial charge in [0.05, 0.1) is 35.1 Å². The van der Waals surface area contributed by atoms with Crippen LogP contribution in [0.15, 0.2) is 6.20 Å². The van der Waals surface area contributed by atoms with Crippen LogP contribution in [-0.4, -0.2) is 35.9 Å². The highest BCUT2D eigenvalue weighted by Gasteiger charge is 2.14. The van der Waals surface area contributed by atoms with Gasteiger partial charge in [-0.1, -0.05) is 16.8 Å². The Balaban J connectivity index is 2.21. The number of nitrogens with zero attached hydrogens (tertiary/aromatic N) is 5. The molecule has 0 unspecified atom stereocenters. The van der Waals surface area contributed by atoms with Crippen LogP contribution < -0.4 is 0 Å². The van der Waals surface area contributed by atoms with Crippen molar-refractivity contribution in [2.75, 3.05) is 0 Å². The molecular weight excluding hydrogens is 270 g/mol. The summed E-state index contributed by atoms with van der Waals surface area (Å²) in [6.45, 7) is 4.94. The van der Waals surface area contributed by atoms with Crippen LogP contribution in [0.2, 0.25) is 5.02 Å². The Bertz CT molecular complexity index is 604. The van der Waals surface area contributed by atoms with Crippen LogP contribution >= 0.6 is 11.6 Å². The van der Waals surface area contributed by atoms with Gasteiger partial charge in [0, 0.05) is 12.7 Å². The van der Waals surface area contributed by atoms with Crippen molar-refractivity contribution < 1.29 is 9.90 Å². The molecule has 2 rings (SSSR count). The first-order chi connectivity index (χ1) is 9.01. The van der Waals surface area contributed by atoms with Crippen LogP contribution in [0.25, 0.3) is 0 Å². The number of halogens is 1. The van der Waals surface area contributed by atoms with Gasteiger partial charge < -0.3 is 5.11 Å². The molecule has 0 aromatic carbocycles. The molecule has 0 atom stereocenters. The summed E-state index contributed by atoms with van der Waals surface area (Å²) in [6.07, 6.45) is 1.46. The van der Waals surface area contributed by atoms with E-state index in [1.165, 1.54) is 0 Å². The average molecular weight is 284 g/mol. The molecule has 7 nitrogen and oxygen atoms in total. The molecule has 0 saturated heterocycles. The summed E-state index contributed by atoms with van der Waals surface area (Å²) in [5.41, 5.74) is 2.03. The van der Waals surface area contributed by atoms with E-state index in [2.05, 4.69) is 15.4 Å². The van der Waals surface area contributed by atoms with Crippen LogP contribution in [0, 0.1) is 6.92 Å². The summed E-state index contributed by atoms with van der Waals surface area (Å²) in [7, 11) is 0. The fourth-order valence-corrected chi connectivity index (χ4v) is 2.02. The van der Waals surface area contributed by atoms with Crippen LogP contribution in [0.5, 0.6) is 0 Å². The number of hydrogen-bond donors (Lipinski definition) is 1. The summed E-state index contributed by atoms with van der Waals surface area (Å²) < 4.78 is 3.36. The molecule has 0 fully saturated rings. The monoisotopic (exact) mass is 283 g/mol. The fourth-order valence-electron chi connectivity index (χ4n) is 1.83. The van der Waals surface area contributed by atoms with Crippen molar-refractivity contribution in [3.05, 3.63) is 28.3 Å². The highest BCUT2D eigenvalue weighted by Crippen LogP contribution is 2.20. The van der Waals surface area contributed by atoms with E-state index in [1.807, 2.05) is 13.8 Å². The number of aliphatic carboxylic acids is 1. The summed E-state index contributed by atoms with van der Waals surface area (Å²) in [6, 6.07) is 0. The van der Waals surface area contributed by atoms with E-state index in [0.717, 1.165) is 11.4 Å². The maximum Gasteiger partial charge on any atom is 0.309 e. The smallest absolute Gasteiger partial charge is 0.309 e. The number of hydrogen-bond acceptors (Lipinski definition) is 4. The Labute approximate surface area is 114 Å². The van der Waals surface area contributed by atoms with Gasteiger partial charge in [0.1, 0.15) is 0 Å². The Morgan fingerprint density at radius 1 is 1.53 bits per heavy atom. The van der Waals surface area contributed by atoms with Crippen LogP contribution in [0.1, 0.15) is 24.0 Å². The number of carboxylic acid groups (broad SMARTS) is 1. The van der Waals surface area contributed by atoms with Gasteiger partial charge in [0.2, 0.25) is 0 Å². The summed E-state index contributed by atoms with van der Waals surface area (Å²) >= 11 is 6.19. The van der Waals surface area contributed by atoms with Crippen molar-refractivity contribution in [3.63, 3.8) is 0 Å². The zero-order valence-corrected chi connectivity index (χ0v) is 11.4. The van der Waals surface area contributed by atoms with Crippen molar-refractivity contribution >= 4 is 17.6 Å². The van der Waals surface area contributed by atoms with Gasteiger partial charge in [0.25, 0.3) is 0 Å². The van der Waals surface area contributed by atoms with E-state index < -0.39 is 5.97 Å². The minimum Gasteiger partial charge on any atom is -0.481 e. The van der Waals surface area contributed by atoms with Gasteiger partial charge >= 0.3 is 5.97 Å². The largest absolute Gasteiger partial charge is 0.481 e. The Morgan fingerprint density at radius 3 is 2.89 bits per heavy atom. The molecule has 0 radical (unpaired) electrons. The van der Waals surface area contributed by atoms with E-state index in [-0.39, 0.29) is 6.42 Å². The first-order valence-corrected chi connectivity index (χ1v) is 6.21. The van der Waals surface area contributed by atoms with Crippen LogP contribution in [0.4, 0.5) is 0 Å². The molecule has 2 aromatic rings. The van der Waals surface area contributed by atoms with E-state index in [0.29, 0.717) is 23.8 Å². The summed E-state index contributed by atoms with van der Waals surface area (Å²) in [5, 5.41) is 21.3. The standard InChI is InChI=1S/C11H14ClN5O2/c1-3-17-9(11(12)7(2)14-17)6-16-5-8(13-15-16)4-10(18)19/h5H,3-4,6H2,1-2H3,(H,18,19). The Hall–Kier alpha value is -1.89. The molecule has 19 heavy (non-hydrogen) atoms. The van der Waals surface area contributed by atoms with Gasteiger partial charge in [-0.25, -0.2) is 4.68 Å². The Kier molecular flexibility index (Phi) is 3.84. The van der Waals surface area contributed by atoms with Gasteiger partial charge in [-0.3, -0.25) is 9.48 Å². The van der Waals surface area contributed by atoms with Gasteiger partial charge in [-0.15, -0.1) is 5.10 Å². The lowest BCUT2D eigenvalue weighted by Crippen LogP contribution is -2.09. The third-order valence-electron chi connectivity index (χ3n) is 2.68. The third-order valence-corrected chi connectivity index (χ3v) is 3.17. The molecule has 2 aromatic heterocycles. The maximum atomic E-state index is 10.6. The quantitative estimate of drug-likeness (QED) is 0.889. The van der Waals surface area contributed by atoms with Gasteiger partial charge in [-0.2, -0.15) is 5.10 Å². The molecule has 0 bridgehead atoms. The highest BCUT2D eigenvalue weighted by atomic mass is 35.5. The zero-order valence-electron chi connectivity index (χ0n) is 10.7. The number of carboxylic acids is 1. The molecule has 0 aliphatic carbocycles. The molecule has 8 heteroatoms. The number of aromatic nitrogens is 5. The molecule has 0 aliphatic rings. The van der Waals surface area contributed by atoms with Crippen molar-refractivity contribution in [1.82, 2.24) is 24.8 Å². The molecule has 102 valence electrons. The van der Waals surface area contributed by atoms with E-state index in [4.69, 9.17) is 16.7 Å². The lowest BCUT2D eigenvalue weighted by Gasteiger charge is -2.04. The molecule has 0 spiro atoms. The third kappa shape index (κ3) is 2.93. The second-order valence-corrected chi connectivity index (χ2v) is 4.52. The molecule has 1 N–H and O–H groups in total. The maximum absolute atomic E-state index is 10.6. The zero-order chi connectivity index (χ0) is 14.0. The first-order valence-electron chi connectivity index (χ1n) is 5.83. The molecule has 0 aliphatic heterocycles. The van der Waals surface area contributed by atoms with E-state index in [9.17, 15) is 4.79 Å². The molecule has 2 heterocycles. The van der Waals surface area contributed by atoms with E-state index in [1.54, 1.807) is 15.6 Å². The minimum absolute atomic E-state index is 0.139. The van der Waals surface area contributed by atoms with E-state index >= 15 is 0 Å². The van der Waals surface area contributed by atoms with Gasteiger partial charge in [-0.05, 0) is 13.8 Å². The lowest BCUT2D eigenvalue weighted by molar-refractivity contribution is -0.136. The second kappa shape index (κ2) is 5.40. The van der Waals surface area contributed by atoms with Crippen molar-refractivity contribution in [1.29, 1.82) is 0 Å². The topological polar surface area (TPSA) is 85.8 Å². The normalized spacial score (nSPS) is 10.9. The predicted molar refractivity (Wildman–Crippen MR) is 68.1 cm³/mol. The van der Waals surface area contributed by atoms with Crippen LogP contribution in [-0.2, 0) is 24.3 Å². The summed E-state index contributed by atoms with van der Waals surface area (Å²) in [4.78, 5) is 10.6. The highest BCUT2D eigenvalue weighted by molar-refractivity contribution is 6.31. The number of aryl methyl sites for hydroxylation is 2. The van der Waals surface area contributed by atoms with Crippen molar-refractivity contribution in [2.45, 2.75) is 33.4 Å². The lowest BCUT2D eigenvalue weighted by atomic mass is 10.3. The van der Waals surface area contributed by atoms with Crippen molar-refractivity contribution in [3.8, 4) is 0 Å². The first kappa shape index (κ1) is 13.5.